The Bertz CT molecular complexity index is 277. The third kappa shape index (κ3) is 2.06. The summed E-state index contributed by atoms with van der Waals surface area (Å²) in [7, 11) is 0. The molecule has 2 N–H and O–H groups in total. The Labute approximate surface area is 86.9 Å². The first-order valence-electron chi connectivity index (χ1n) is 4.60. The van der Waals surface area contributed by atoms with Crippen molar-refractivity contribution in [3.63, 3.8) is 0 Å². The van der Waals surface area contributed by atoms with Crippen LogP contribution in [0.15, 0.2) is 5.38 Å². The van der Waals surface area contributed by atoms with Crippen LogP contribution in [0, 0.1) is 0 Å². The van der Waals surface area contributed by atoms with Crippen molar-refractivity contribution >= 4 is 23.1 Å². The van der Waals surface area contributed by atoms with Crippen LogP contribution in [-0.4, -0.2) is 10.7 Å². The molecule has 2 rings (SSSR count). The molecule has 1 fully saturated rings. The van der Waals surface area contributed by atoms with Gasteiger partial charge >= 0.3 is 0 Å². The van der Waals surface area contributed by atoms with Crippen molar-refractivity contribution in [2.75, 3.05) is 5.75 Å². The summed E-state index contributed by atoms with van der Waals surface area (Å²) in [6.45, 7) is 1.99. The second-order valence-corrected chi connectivity index (χ2v) is 5.60. The lowest BCUT2D eigenvalue weighted by molar-refractivity contribution is 0.767. The first-order chi connectivity index (χ1) is 6.27. The molecule has 2 atom stereocenters. The number of nitrogens with zero attached hydrogens (tertiary/aromatic N) is 1. The lowest BCUT2D eigenvalue weighted by Crippen LogP contribution is -2.05. The molecule has 2 heterocycles. The Hall–Kier alpha value is -0.0600. The van der Waals surface area contributed by atoms with Gasteiger partial charge in [-0.1, -0.05) is 0 Å². The molecule has 1 aromatic heterocycles. The molecule has 1 aliphatic heterocycles. The smallest absolute Gasteiger partial charge is 0.106 e. The zero-order chi connectivity index (χ0) is 9.26. The fraction of sp³-hybridized carbons (Fsp3) is 0.667. The lowest BCUT2D eigenvalue weighted by atomic mass is 10.2. The number of hydrogen-bond donors (Lipinski definition) is 1. The van der Waals surface area contributed by atoms with Gasteiger partial charge in [-0.2, -0.15) is 11.8 Å². The van der Waals surface area contributed by atoms with E-state index < -0.39 is 0 Å². The second kappa shape index (κ2) is 3.98. The van der Waals surface area contributed by atoms with E-state index in [0.29, 0.717) is 5.25 Å². The Morgan fingerprint density at radius 3 is 3.08 bits per heavy atom. The van der Waals surface area contributed by atoms with E-state index in [1.807, 2.05) is 18.7 Å². The topological polar surface area (TPSA) is 38.9 Å². The molecule has 1 aliphatic rings. The average molecular weight is 214 g/mol. The van der Waals surface area contributed by atoms with E-state index in [1.165, 1.54) is 23.6 Å². The highest BCUT2D eigenvalue weighted by Gasteiger charge is 2.21. The molecule has 0 radical (unpaired) electrons. The van der Waals surface area contributed by atoms with E-state index in [0.717, 1.165) is 5.69 Å². The largest absolute Gasteiger partial charge is 0.323 e. The van der Waals surface area contributed by atoms with Gasteiger partial charge in [0.1, 0.15) is 5.01 Å². The van der Waals surface area contributed by atoms with Crippen LogP contribution >= 0.6 is 23.1 Å². The van der Waals surface area contributed by atoms with Gasteiger partial charge in [0.15, 0.2) is 0 Å². The van der Waals surface area contributed by atoms with Crippen molar-refractivity contribution in [1.29, 1.82) is 0 Å². The lowest BCUT2D eigenvalue weighted by Gasteiger charge is -2.03. The van der Waals surface area contributed by atoms with Crippen molar-refractivity contribution < 1.29 is 0 Å². The predicted octanol–water partition coefficient (Wildman–Crippen LogP) is 2.73. The van der Waals surface area contributed by atoms with E-state index in [4.69, 9.17) is 5.73 Å². The van der Waals surface area contributed by atoms with Crippen LogP contribution in [0.1, 0.15) is 41.8 Å². The molecule has 0 amide bonds. The Balaban J connectivity index is 2.12. The molecule has 0 bridgehead atoms. The fourth-order valence-electron chi connectivity index (χ4n) is 1.43. The summed E-state index contributed by atoms with van der Waals surface area (Å²) < 4.78 is 0. The number of nitrogens with two attached hydrogens (primary N) is 1. The normalized spacial score (nSPS) is 24.9. The van der Waals surface area contributed by atoms with Gasteiger partial charge in [0.2, 0.25) is 0 Å². The molecule has 72 valence electrons. The molecule has 0 spiro atoms. The number of thioether (sulfide) groups is 1. The maximum absolute atomic E-state index is 5.76. The molecular weight excluding hydrogens is 200 g/mol. The standard InChI is InChI=1S/C9H14N2S2/c1-6(10)7-5-13-9(11-7)8-3-2-4-12-8/h5-6,8H,2-4,10H2,1H3. The quantitative estimate of drug-likeness (QED) is 0.822. The molecule has 1 saturated heterocycles. The first kappa shape index (κ1) is 9.49. The summed E-state index contributed by atoms with van der Waals surface area (Å²) in [5.41, 5.74) is 6.81. The highest BCUT2D eigenvalue weighted by atomic mass is 32.2. The zero-order valence-corrected chi connectivity index (χ0v) is 9.33. The summed E-state index contributed by atoms with van der Waals surface area (Å²) in [5, 5.41) is 4.02. The van der Waals surface area contributed by atoms with Crippen LogP contribution in [0.5, 0.6) is 0 Å². The molecule has 0 aromatic carbocycles. The van der Waals surface area contributed by atoms with Crippen LogP contribution in [0.25, 0.3) is 0 Å². The molecule has 4 heteroatoms. The van der Waals surface area contributed by atoms with Gasteiger partial charge in [0.05, 0.1) is 10.9 Å². The van der Waals surface area contributed by atoms with Crippen LogP contribution in [0.2, 0.25) is 0 Å². The first-order valence-corrected chi connectivity index (χ1v) is 6.52. The minimum absolute atomic E-state index is 0.0800. The SMILES string of the molecule is CC(N)c1csc(C2CCCS2)n1. The number of hydrogen-bond acceptors (Lipinski definition) is 4. The fourth-order valence-corrected chi connectivity index (χ4v) is 3.88. The zero-order valence-electron chi connectivity index (χ0n) is 7.69. The molecule has 2 nitrogen and oxygen atoms in total. The highest BCUT2D eigenvalue weighted by Crippen LogP contribution is 2.41. The maximum Gasteiger partial charge on any atom is 0.106 e. The van der Waals surface area contributed by atoms with E-state index in [2.05, 4.69) is 10.4 Å². The van der Waals surface area contributed by atoms with Crippen LogP contribution < -0.4 is 5.73 Å². The predicted molar refractivity (Wildman–Crippen MR) is 59.1 cm³/mol. The minimum Gasteiger partial charge on any atom is -0.323 e. The van der Waals surface area contributed by atoms with Crippen molar-refractivity contribution in [3.8, 4) is 0 Å². The Morgan fingerprint density at radius 1 is 1.69 bits per heavy atom. The summed E-state index contributed by atoms with van der Waals surface area (Å²) >= 11 is 3.79. The van der Waals surface area contributed by atoms with Gasteiger partial charge in [0, 0.05) is 11.4 Å². The molecule has 1 aromatic rings. The van der Waals surface area contributed by atoms with Crippen molar-refractivity contribution in [2.24, 2.45) is 5.73 Å². The second-order valence-electron chi connectivity index (χ2n) is 3.40. The van der Waals surface area contributed by atoms with Crippen LogP contribution in [0.4, 0.5) is 0 Å². The van der Waals surface area contributed by atoms with E-state index >= 15 is 0 Å². The maximum atomic E-state index is 5.76. The highest BCUT2D eigenvalue weighted by molar-refractivity contribution is 7.99. The Morgan fingerprint density at radius 2 is 2.54 bits per heavy atom. The van der Waals surface area contributed by atoms with Crippen molar-refractivity contribution in [1.82, 2.24) is 4.98 Å². The summed E-state index contributed by atoms with van der Waals surface area (Å²) in [6, 6.07) is 0.0800. The van der Waals surface area contributed by atoms with Gasteiger partial charge in [-0.25, -0.2) is 4.98 Å². The van der Waals surface area contributed by atoms with E-state index in [-0.39, 0.29) is 6.04 Å². The van der Waals surface area contributed by atoms with Gasteiger partial charge in [-0.15, -0.1) is 11.3 Å². The van der Waals surface area contributed by atoms with Crippen molar-refractivity contribution in [3.05, 3.63) is 16.1 Å². The molecule has 13 heavy (non-hydrogen) atoms. The van der Waals surface area contributed by atoms with Gasteiger partial charge < -0.3 is 5.73 Å². The third-order valence-corrected chi connectivity index (χ3v) is 4.72. The molecule has 0 saturated carbocycles. The summed E-state index contributed by atoms with van der Waals surface area (Å²) in [5.74, 6) is 1.29. The van der Waals surface area contributed by atoms with Crippen LogP contribution in [0.3, 0.4) is 0 Å². The Kier molecular flexibility index (Phi) is 2.91. The number of aromatic nitrogens is 1. The average Bonchev–Trinajstić information content (AvgIpc) is 2.75. The monoisotopic (exact) mass is 214 g/mol. The van der Waals surface area contributed by atoms with E-state index in [9.17, 15) is 0 Å². The van der Waals surface area contributed by atoms with Gasteiger partial charge in [0.25, 0.3) is 0 Å². The van der Waals surface area contributed by atoms with E-state index in [1.54, 1.807) is 11.3 Å². The van der Waals surface area contributed by atoms with Crippen LogP contribution in [-0.2, 0) is 0 Å². The number of rotatable bonds is 2. The van der Waals surface area contributed by atoms with Gasteiger partial charge in [-0.05, 0) is 25.5 Å². The molecule has 2 unspecified atom stereocenters. The molecule has 0 aliphatic carbocycles. The van der Waals surface area contributed by atoms with Gasteiger partial charge in [-0.3, -0.25) is 0 Å². The third-order valence-electron chi connectivity index (χ3n) is 2.21. The molecular formula is C9H14N2S2. The summed E-state index contributed by atoms with van der Waals surface area (Å²) in [4.78, 5) is 4.56. The minimum atomic E-state index is 0.0800. The summed E-state index contributed by atoms with van der Waals surface area (Å²) in [6.07, 6.45) is 2.62. The van der Waals surface area contributed by atoms with Crippen molar-refractivity contribution in [2.45, 2.75) is 31.1 Å². The number of thiazole rings is 1.